The topological polar surface area (TPSA) is 73.1 Å². The van der Waals surface area contributed by atoms with Crippen molar-refractivity contribution in [2.24, 2.45) is 0 Å². The molecule has 0 fully saturated rings. The van der Waals surface area contributed by atoms with Crippen LogP contribution in [-0.4, -0.2) is 11.0 Å². The molecule has 0 saturated heterocycles. The number of nitriles is 1. The Balaban J connectivity index is 1.81. The van der Waals surface area contributed by atoms with Gasteiger partial charge in [0.25, 0.3) is 5.91 Å². The Morgan fingerprint density at radius 2 is 1.62 bits per heavy atom. The Hall–Kier alpha value is -3.58. The van der Waals surface area contributed by atoms with Crippen molar-refractivity contribution in [1.29, 1.82) is 5.26 Å². The second kappa shape index (κ2) is 6.67. The van der Waals surface area contributed by atoms with E-state index in [0.29, 0.717) is 11.3 Å². The molecule has 0 unspecified atom stereocenters. The average molecular weight is 314 g/mol. The first kappa shape index (κ1) is 15.3. The molecular formula is C20H14N2O2. The van der Waals surface area contributed by atoms with Gasteiger partial charge < -0.3 is 10.4 Å². The van der Waals surface area contributed by atoms with Crippen LogP contribution in [0.15, 0.2) is 72.8 Å². The highest BCUT2D eigenvalue weighted by Crippen LogP contribution is 2.27. The van der Waals surface area contributed by atoms with Crippen LogP contribution in [0, 0.1) is 11.3 Å². The number of carbonyl (C=O) groups excluding carboxylic acids is 1. The lowest BCUT2D eigenvalue weighted by Gasteiger charge is -2.09. The number of nitrogens with zero attached hydrogens (tertiary/aromatic N) is 1. The molecule has 0 atom stereocenters. The second-order valence-electron chi connectivity index (χ2n) is 5.24. The Kier molecular flexibility index (Phi) is 4.26. The van der Waals surface area contributed by atoms with E-state index in [2.05, 4.69) is 5.32 Å². The third-order valence-electron chi connectivity index (χ3n) is 3.62. The van der Waals surface area contributed by atoms with Crippen molar-refractivity contribution < 1.29 is 9.90 Å². The summed E-state index contributed by atoms with van der Waals surface area (Å²) in [5.41, 5.74) is 3.07. The molecule has 4 nitrogen and oxygen atoms in total. The monoisotopic (exact) mass is 314 g/mol. The molecule has 0 aromatic heterocycles. The maximum absolute atomic E-state index is 12.3. The van der Waals surface area contributed by atoms with E-state index < -0.39 is 5.91 Å². The van der Waals surface area contributed by atoms with Gasteiger partial charge in [-0.1, -0.05) is 36.4 Å². The predicted octanol–water partition coefficient (Wildman–Crippen LogP) is 4.18. The van der Waals surface area contributed by atoms with Crippen LogP contribution >= 0.6 is 0 Å². The Labute approximate surface area is 139 Å². The van der Waals surface area contributed by atoms with Gasteiger partial charge in [-0.05, 0) is 47.5 Å². The summed E-state index contributed by atoms with van der Waals surface area (Å²) in [6.07, 6.45) is 0. The Bertz CT molecular complexity index is 911. The van der Waals surface area contributed by atoms with Crippen LogP contribution in [0.5, 0.6) is 5.75 Å². The first-order valence-corrected chi connectivity index (χ1v) is 7.37. The minimum Gasteiger partial charge on any atom is -0.507 e. The maximum Gasteiger partial charge on any atom is 0.259 e. The van der Waals surface area contributed by atoms with Crippen molar-refractivity contribution in [3.8, 4) is 22.9 Å². The van der Waals surface area contributed by atoms with Crippen molar-refractivity contribution in [1.82, 2.24) is 0 Å². The fraction of sp³-hybridized carbons (Fsp3) is 0. The summed E-state index contributed by atoms with van der Waals surface area (Å²) in [4.78, 5) is 12.3. The highest BCUT2D eigenvalue weighted by molar-refractivity contribution is 6.06. The third kappa shape index (κ3) is 3.26. The van der Waals surface area contributed by atoms with Crippen molar-refractivity contribution in [2.45, 2.75) is 0 Å². The summed E-state index contributed by atoms with van der Waals surface area (Å²) < 4.78 is 0. The SMILES string of the molecule is N#Cc1ccc(NC(=O)c2ccc(-c3ccccc3)cc2O)cc1. The van der Waals surface area contributed by atoms with Gasteiger partial charge in [0.05, 0.1) is 17.2 Å². The summed E-state index contributed by atoms with van der Waals surface area (Å²) in [5, 5.41) is 21.7. The van der Waals surface area contributed by atoms with Gasteiger partial charge in [0, 0.05) is 5.69 Å². The van der Waals surface area contributed by atoms with Crippen LogP contribution in [-0.2, 0) is 0 Å². The van der Waals surface area contributed by atoms with Crippen molar-refractivity contribution in [3.63, 3.8) is 0 Å². The summed E-state index contributed by atoms with van der Waals surface area (Å²) in [6, 6.07) is 23.1. The number of hydrogen-bond donors (Lipinski definition) is 2. The molecule has 0 saturated carbocycles. The minimum atomic E-state index is -0.406. The number of hydrogen-bond acceptors (Lipinski definition) is 3. The fourth-order valence-corrected chi connectivity index (χ4v) is 2.36. The lowest BCUT2D eigenvalue weighted by atomic mass is 10.0. The Morgan fingerprint density at radius 3 is 2.25 bits per heavy atom. The van der Waals surface area contributed by atoms with E-state index in [1.807, 2.05) is 36.4 Å². The van der Waals surface area contributed by atoms with Gasteiger partial charge in [-0.3, -0.25) is 4.79 Å². The van der Waals surface area contributed by atoms with Gasteiger partial charge in [0.15, 0.2) is 0 Å². The Morgan fingerprint density at radius 1 is 0.917 bits per heavy atom. The van der Waals surface area contributed by atoms with Crippen LogP contribution < -0.4 is 5.32 Å². The van der Waals surface area contributed by atoms with Gasteiger partial charge in [0.1, 0.15) is 5.75 Å². The summed E-state index contributed by atoms with van der Waals surface area (Å²) >= 11 is 0. The molecule has 0 aliphatic heterocycles. The first-order chi connectivity index (χ1) is 11.7. The lowest BCUT2D eigenvalue weighted by molar-refractivity contribution is 0.102. The van der Waals surface area contributed by atoms with Crippen LogP contribution in [0.2, 0.25) is 0 Å². The van der Waals surface area contributed by atoms with Crippen molar-refractivity contribution >= 4 is 11.6 Å². The number of carbonyl (C=O) groups is 1. The smallest absolute Gasteiger partial charge is 0.259 e. The summed E-state index contributed by atoms with van der Waals surface area (Å²) in [7, 11) is 0. The largest absolute Gasteiger partial charge is 0.507 e. The molecular weight excluding hydrogens is 300 g/mol. The zero-order chi connectivity index (χ0) is 16.9. The van der Waals surface area contributed by atoms with Crippen molar-refractivity contribution in [2.75, 3.05) is 5.32 Å². The fourth-order valence-electron chi connectivity index (χ4n) is 2.36. The normalized spacial score (nSPS) is 9.96. The number of aromatic hydroxyl groups is 1. The van der Waals surface area contributed by atoms with Crippen LogP contribution in [0.3, 0.4) is 0 Å². The second-order valence-corrected chi connectivity index (χ2v) is 5.24. The van der Waals surface area contributed by atoms with Gasteiger partial charge in [-0.25, -0.2) is 0 Å². The van der Waals surface area contributed by atoms with Crippen LogP contribution in [0.1, 0.15) is 15.9 Å². The number of phenols is 1. The molecule has 116 valence electrons. The van der Waals surface area contributed by atoms with E-state index in [9.17, 15) is 9.90 Å². The quantitative estimate of drug-likeness (QED) is 0.761. The zero-order valence-electron chi connectivity index (χ0n) is 12.7. The maximum atomic E-state index is 12.3. The van der Waals surface area contributed by atoms with Gasteiger partial charge >= 0.3 is 0 Å². The highest BCUT2D eigenvalue weighted by atomic mass is 16.3. The highest BCUT2D eigenvalue weighted by Gasteiger charge is 2.12. The van der Waals surface area contributed by atoms with Crippen LogP contribution in [0.4, 0.5) is 5.69 Å². The number of anilines is 1. The summed E-state index contributed by atoms with van der Waals surface area (Å²) in [6.45, 7) is 0. The standard InChI is InChI=1S/C20H14N2O2/c21-13-14-6-9-17(10-7-14)22-20(24)18-11-8-16(12-19(18)23)15-4-2-1-3-5-15/h1-12,23H,(H,22,24). The number of nitrogens with one attached hydrogen (secondary N) is 1. The molecule has 0 bridgehead atoms. The van der Waals surface area contributed by atoms with E-state index in [-0.39, 0.29) is 11.3 Å². The summed E-state index contributed by atoms with van der Waals surface area (Å²) in [5.74, 6) is -0.487. The minimum absolute atomic E-state index is 0.0810. The van der Waals surface area contributed by atoms with E-state index in [4.69, 9.17) is 5.26 Å². The first-order valence-electron chi connectivity index (χ1n) is 7.37. The zero-order valence-corrected chi connectivity index (χ0v) is 12.7. The predicted molar refractivity (Wildman–Crippen MR) is 92.7 cm³/mol. The number of amides is 1. The molecule has 24 heavy (non-hydrogen) atoms. The number of phenolic OH excluding ortho intramolecular Hbond substituents is 1. The van der Waals surface area contributed by atoms with E-state index in [1.165, 1.54) is 0 Å². The van der Waals surface area contributed by atoms with E-state index in [1.54, 1.807) is 42.5 Å². The molecule has 2 N–H and O–H groups in total. The molecule has 3 rings (SSSR count). The molecule has 1 amide bonds. The molecule has 0 aliphatic carbocycles. The molecule has 4 heteroatoms. The van der Waals surface area contributed by atoms with Crippen molar-refractivity contribution in [3.05, 3.63) is 83.9 Å². The molecule has 0 radical (unpaired) electrons. The third-order valence-corrected chi connectivity index (χ3v) is 3.62. The van der Waals surface area contributed by atoms with Crippen LogP contribution in [0.25, 0.3) is 11.1 Å². The molecule has 3 aromatic rings. The molecule has 0 aliphatic rings. The van der Waals surface area contributed by atoms with E-state index in [0.717, 1.165) is 11.1 Å². The van der Waals surface area contributed by atoms with E-state index >= 15 is 0 Å². The molecule has 0 heterocycles. The average Bonchev–Trinajstić information content (AvgIpc) is 2.63. The van der Waals surface area contributed by atoms with Gasteiger partial charge in [-0.2, -0.15) is 5.26 Å². The molecule has 0 spiro atoms. The number of rotatable bonds is 3. The number of benzene rings is 3. The molecule has 3 aromatic carbocycles. The van der Waals surface area contributed by atoms with Gasteiger partial charge in [-0.15, -0.1) is 0 Å². The lowest BCUT2D eigenvalue weighted by Crippen LogP contribution is -2.12. The van der Waals surface area contributed by atoms with Gasteiger partial charge in [0.2, 0.25) is 0 Å².